The van der Waals surface area contributed by atoms with Crippen LogP contribution >= 0.6 is 23.2 Å². The Balaban J connectivity index is 1.99. The van der Waals surface area contributed by atoms with Gasteiger partial charge in [0.05, 0.1) is 22.3 Å². The molecule has 0 fully saturated rings. The van der Waals surface area contributed by atoms with E-state index in [9.17, 15) is 4.79 Å². The third-order valence-corrected chi connectivity index (χ3v) is 3.88. The Morgan fingerprint density at radius 2 is 1.86 bits per heavy atom. The monoisotopic (exact) mass is 322 g/mol. The Hall–Kier alpha value is -1.71. The van der Waals surface area contributed by atoms with Crippen LogP contribution in [0.5, 0.6) is 0 Å². The van der Waals surface area contributed by atoms with Gasteiger partial charge in [-0.15, -0.1) is 0 Å². The van der Waals surface area contributed by atoms with Crippen LogP contribution in [0.4, 0.5) is 11.4 Å². The minimum Gasteiger partial charge on any atom is -0.376 e. The standard InChI is InChI=1S/C16H16Cl2N2O/c1-10-6-7-11(2)14(8-10)19-9-15(21)20-13-5-3-4-12(17)16(13)18/h3-8,19H,9H2,1-2H3,(H,20,21). The van der Waals surface area contributed by atoms with E-state index >= 15 is 0 Å². The van der Waals surface area contributed by atoms with Crippen molar-refractivity contribution in [2.75, 3.05) is 17.2 Å². The van der Waals surface area contributed by atoms with E-state index in [0.29, 0.717) is 15.7 Å². The lowest BCUT2D eigenvalue weighted by atomic mass is 10.1. The molecule has 2 aromatic rings. The van der Waals surface area contributed by atoms with Gasteiger partial charge in [-0.25, -0.2) is 0 Å². The minimum absolute atomic E-state index is 0.160. The summed E-state index contributed by atoms with van der Waals surface area (Å²) in [6, 6.07) is 11.2. The second-order valence-corrected chi connectivity index (χ2v) is 5.61. The predicted molar refractivity (Wildman–Crippen MR) is 89.5 cm³/mol. The summed E-state index contributed by atoms with van der Waals surface area (Å²) in [6.07, 6.45) is 0. The molecule has 0 atom stereocenters. The summed E-state index contributed by atoms with van der Waals surface area (Å²) in [6.45, 7) is 4.16. The number of nitrogens with one attached hydrogen (secondary N) is 2. The van der Waals surface area contributed by atoms with Crippen molar-refractivity contribution < 1.29 is 4.79 Å². The number of halogens is 2. The summed E-state index contributed by atoms with van der Waals surface area (Å²) in [7, 11) is 0. The molecule has 21 heavy (non-hydrogen) atoms. The van der Waals surface area contributed by atoms with Crippen molar-refractivity contribution >= 4 is 40.5 Å². The molecule has 5 heteroatoms. The first-order valence-corrected chi connectivity index (χ1v) is 7.28. The smallest absolute Gasteiger partial charge is 0.243 e. The van der Waals surface area contributed by atoms with Gasteiger partial charge in [0.1, 0.15) is 0 Å². The number of hydrogen-bond acceptors (Lipinski definition) is 2. The molecule has 2 rings (SSSR count). The van der Waals surface area contributed by atoms with Crippen molar-refractivity contribution in [3.63, 3.8) is 0 Å². The van der Waals surface area contributed by atoms with Gasteiger partial charge in [-0.2, -0.15) is 0 Å². The highest BCUT2D eigenvalue weighted by Crippen LogP contribution is 2.29. The Kier molecular flexibility index (Phi) is 5.10. The zero-order chi connectivity index (χ0) is 15.4. The van der Waals surface area contributed by atoms with Crippen molar-refractivity contribution in [3.05, 3.63) is 57.6 Å². The molecule has 3 nitrogen and oxygen atoms in total. The van der Waals surface area contributed by atoms with E-state index in [-0.39, 0.29) is 12.5 Å². The summed E-state index contributed by atoms with van der Waals surface area (Å²) >= 11 is 11.9. The molecule has 0 aliphatic rings. The lowest BCUT2D eigenvalue weighted by Crippen LogP contribution is -2.22. The van der Waals surface area contributed by atoms with Crippen LogP contribution in [0.15, 0.2) is 36.4 Å². The molecule has 0 saturated heterocycles. The summed E-state index contributed by atoms with van der Waals surface area (Å²) < 4.78 is 0. The average molecular weight is 323 g/mol. The molecule has 0 heterocycles. The van der Waals surface area contributed by atoms with Gasteiger partial charge in [0.25, 0.3) is 0 Å². The highest BCUT2D eigenvalue weighted by atomic mass is 35.5. The number of anilines is 2. The van der Waals surface area contributed by atoms with Crippen LogP contribution in [0.2, 0.25) is 10.0 Å². The van der Waals surface area contributed by atoms with Gasteiger partial charge in [0, 0.05) is 5.69 Å². The first-order valence-electron chi connectivity index (χ1n) is 6.52. The van der Waals surface area contributed by atoms with E-state index in [2.05, 4.69) is 10.6 Å². The average Bonchev–Trinajstić information content (AvgIpc) is 2.45. The fraction of sp³-hybridized carbons (Fsp3) is 0.188. The van der Waals surface area contributed by atoms with Crippen molar-refractivity contribution in [3.8, 4) is 0 Å². The van der Waals surface area contributed by atoms with E-state index in [0.717, 1.165) is 16.8 Å². The molecule has 0 bridgehead atoms. The molecule has 0 aliphatic carbocycles. The molecule has 0 radical (unpaired) electrons. The van der Waals surface area contributed by atoms with Crippen LogP contribution in [0.3, 0.4) is 0 Å². The number of hydrogen-bond donors (Lipinski definition) is 2. The van der Waals surface area contributed by atoms with Crippen molar-refractivity contribution in [1.82, 2.24) is 0 Å². The number of amides is 1. The number of rotatable bonds is 4. The van der Waals surface area contributed by atoms with E-state index in [4.69, 9.17) is 23.2 Å². The quantitative estimate of drug-likeness (QED) is 0.859. The van der Waals surface area contributed by atoms with Gasteiger partial charge in [-0.3, -0.25) is 4.79 Å². The maximum absolute atomic E-state index is 12.0. The maximum Gasteiger partial charge on any atom is 0.243 e. The second kappa shape index (κ2) is 6.83. The topological polar surface area (TPSA) is 41.1 Å². The first kappa shape index (κ1) is 15.7. The molecule has 0 aromatic heterocycles. The molecule has 2 aromatic carbocycles. The maximum atomic E-state index is 12.0. The highest BCUT2D eigenvalue weighted by molar-refractivity contribution is 6.44. The zero-order valence-corrected chi connectivity index (χ0v) is 13.3. The van der Waals surface area contributed by atoms with Crippen LogP contribution < -0.4 is 10.6 Å². The van der Waals surface area contributed by atoms with Gasteiger partial charge in [-0.1, -0.05) is 41.4 Å². The molecule has 2 N–H and O–H groups in total. The SMILES string of the molecule is Cc1ccc(C)c(NCC(=O)Nc2cccc(Cl)c2Cl)c1. The molecular weight excluding hydrogens is 307 g/mol. The number of benzene rings is 2. The van der Waals surface area contributed by atoms with Crippen LogP contribution in [0, 0.1) is 13.8 Å². The number of carbonyl (C=O) groups excluding carboxylic acids is 1. The summed E-state index contributed by atoms with van der Waals surface area (Å²) in [5, 5.41) is 6.62. The first-order chi connectivity index (χ1) is 9.97. The van der Waals surface area contributed by atoms with Crippen molar-refractivity contribution in [1.29, 1.82) is 0 Å². The lowest BCUT2D eigenvalue weighted by Gasteiger charge is -2.12. The Labute approximate surface area is 134 Å². The predicted octanol–water partition coefficient (Wildman–Crippen LogP) is 4.66. The molecule has 0 aliphatic heterocycles. The van der Waals surface area contributed by atoms with Crippen LogP contribution in [0.1, 0.15) is 11.1 Å². The number of aryl methyl sites for hydroxylation is 2. The third-order valence-electron chi connectivity index (χ3n) is 3.06. The normalized spacial score (nSPS) is 10.3. The van der Waals surface area contributed by atoms with E-state index in [1.54, 1.807) is 18.2 Å². The van der Waals surface area contributed by atoms with Crippen LogP contribution in [0.25, 0.3) is 0 Å². The fourth-order valence-electron chi connectivity index (χ4n) is 1.90. The second-order valence-electron chi connectivity index (χ2n) is 4.82. The largest absolute Gasteiger partial charge is 0.376 e. The Morgan fingerprint density at radius 3 is 2.62 bits per heavy atom. The van der Waals surface area contributed by atoms with Gasteiger partial charge in [-0.05, 0) is 43.2 Å². The third kappa shape index (κ3) is 4.13. The summed E-state index contributed by atoms with van der Waals surface area (Å²) in [5.41, 5.74) is 3.69. The van der Waals surface area contributed by atoms with Gasteiger partial charge < -0.3 is 10.6 Å². The van der Waals surface area contributed by atoms with Gasteiger partial charge >= 0.3 is 0 Å². The molecule has 110 valence electrons. The molecule has 0 spiro atoms. The Bertz CT molecular complexity index is 671. The fourth-order valence-corrected chi connectivity index (χ4v) is 2.24. The Morgan fingerprint density at radius 1 is 1.10 bits per heavy atom. The van der Waals surface area contributed by atoms with Crippen LogP contribution in [-0.2, 0) is 4.79 Å². The van der Waals surface area contributed by atoms with Crippen molar-refractivity contribution in [2.45, 2.75) is 13.8 Å². The highest BCUT2D eigenvalue weighted by Gasteiger charge is 2.08. The summed E-state index contributed by atoms with van der Waals surface area (Å²) in [4.78, 5) is 12.0. The molecular formula is C16H16Cl2N2O. The van der Waals surface area contributed by atoms with Gasteiger partial charge in [0.15, 0.2) is 0 Å². The lowest BCUT2D eigenvalue weighted by molar-refractivity contribution is -0.114. The zero-order valence-electron chi connectivity index (χ0n) is 11.8. The van der Waals surface area contributed by atoms with E-state index in [1.165, 1.54) is 0 Å². The molecule has 1 amide bonds. The van der Waals surface area contributed by atoms with Crippen LogP contribution in [-0.4, -0.2) is 12.5 Å². The summed E-state index contributed by atoms with van der Waals surface area (Å²) in [5.74, 6) is -0.180. The van der Waals surface area contributed by atoms with Crippen molar-refractivity contribution in [2.24, 2.45) is 0 Å². The molecule has 0 unspecified atom stereocenters. The van der Waals surface area contributed by atoms with E-state index < -0.39 is 0 Å². The van der Waals surface area contributed by atoms with E-state index in [1.807, 2.05) is 32.0 Å². The number of carbonyl (C=O) groups is 1. The minimum atomic E-state index is -0.180. The molecule has 0 saturated carbocycles. The van der Waals surface area contributed by atoms with Gasteiger partial charge in [0.2, 0.25) is 5.91 Å².